The van der Waals surface area contributed by atoms with E-state index in [4.69, 9.17) is 67.2 Å². The van der Waals surface area contributed by atoms with E-state index in [-0.39, 0.29) is 89.9 Å². The molecule has 0 aromatic heterocycles. The van der Waals surface area contributed by atoms with Crippen LogP contribution in [0.1, 0.15) is 240 Å². The van der Waals surface area contributed by atoms with Crippen LogP contribution in [-0.2, 0) is 146 Å². The number of Topliss-reactive ketones (excluding diaryl/α,β-unsaturated/α-hetero) is 7. The van der Waals surface area contributed by atoms with Gasteiger partial charge in [0.05, 0.1) is 155 Å². The van der Waals surface area contributed by atoms with Gasteiger partial charge in [-0.3, -0.25) is 33.6 Å². The molecule has 0 radical (unpaired) electrons. The monoisotopic (exact) mass is 1890 g/mol. The molecule has 28 heteroatoms. The molecular weight excluding hydrogens is 1700 g/mol. The maximum absolute atomic E-state index is 12.6. The quantitative estimate of drug-likeness (QED) is 0.0186. The highest BCUT2D eigenvalue weighted by atomic mass is 16.5. The summed E-state index contributed by atoms with van der Waals surface area (Å²) in [4.78, 5) is 166. The predicted octanol–water partition coefficient (Wildman–Crippen LogP) is 13.3. The van der Waals surface area contributed by atoms with E-state index in [1.807, 2.05) is 61.0 Å². The molecule has 730 valence electrons. The predicted molar refractivity (Wildman–Crippen MR) is 518 cm³/mol. The van der Waals surface area contributed by atoms with Crippen molar-refractivity contribution in [3.05, 3.63) is 248 Å². The Labute approximate surface area is 858 Å². The highest BCUT2D eigenvalue weighted by molar-refractivity contribution is 5.90. The molecule has 7 rings (SSSR count). The van der Waals surface area contributed by atoms with Crippen LogP contribution in [0.25, 0.3) is 0 Å². The molecule has 7 unspecified atom stereocenters. The first kappa shape index (κ1) is 61.2. The standard InChI is InChI=1S/6C15H21NO3.C14H19NO3.CH4/c6*1-11-4-6-13(7-5-11)9-16-15(18)14(10-19-3)8-12(2)17;1-11(16)8-13(10-18-2)14(17)15-9-12-6-4-3-5-7-12;/h6*4-7,14H,8-10H2,1-3H3,(H,16,18);3-7,13H,8-10H2,1-2H3,(H,15,17);1H4/i3D3,4D,5D,6D,7D,9D2,10D2;2*3D3,4D,5D,6D,7D,9D2;3D3,9D2,10D2;3D3,9D2;3D3;2D3,9D2;. The van der Waals surface area contributed by atoms with Crippen molar-refractivity contribution < 1.29 is 167 Å². The first-order chi connectivity index (χ1) is 81.7. The number of rotatable bonds is 49. The largest absolute Gasteiger partial charge is 0.384 e. The molecule has 0 aliphatic carbocycles. The molecule has 0 bridgehead atoms. The van der Waals surface area contributed by atoms with Crippen molar-refractivity contribution in [2.75, 3.05) is 95.4 Å². The van der Waals surface area contributed by atoms with Gasteiger partial charge >= 0.3 is 0 Å². The fourth-order valence-corrected chi connectivity index (χ4v) is 9.97. The summed E-state index contributed by atoms with van der Waals surface area (Å²) >= 11 is 0. The van der Waals surface area contributed by atoms with Gasteiger partial charge in [0.25, 0.3) is 0 Å². The van der Waals surface area contributed by atoms with Crippen LogP contribution in [-0.4, -0.2) is 177 Å². The summed E-state index contributed by atoms with van der Waals surface area (Å²) in [5.41, 5.74) is 2.38. The highest BCUT2D eigenvalue weighted by Crippen LogP contribution is 2.16. The number of methoxy groups -OCH3 is 7. The fraction of sp³-hybridized carbons (Fsp3) is 0.467. The Bertz CT molecular complexity index is 6770. The maximum atomic E-state index is 12.6. The Balaban J connectivity index is 0.00000210. The highest BCUT2D eigenvalue weighted by Gasteiger charge is 2.26. The number of ketones is 7. The van der Waals surface area contributed by atoms with Gasteiger partial charge in [-0.15, -0.1) is 0 Å². The summed E-state index contributed by atoms with van der Waals surface area (Å²) in [6, 6.07) is 21.5. The van der Waals surface area contributed by atoms with E-state index >= 15 is 0 Å². The normalized spacial score (nSPS) is 18.8. The summed E-state index contributed by atoms with van der Waals surface area (Å²) in [5, 5.41) is 14.8. The average Bonchev–Trinajstić information content (AvgIpc) is 0.763. The van der Waals surface area contributed by atoms with Crippen LogP contribution in [0.15, 0.2) is 176 Å². The van der Waals surface area contributed by atoms with Crippen molar-refractivity contribution in [2.45, 2.75) is 188 Å². The third kappa shape index (κ3) is 59.4. The van der Waals surface area contributed by atoms with Crippen molar-refractivity contribution in [1.82, 2.24) is 37.2 Å². The molecule has 133 heavy (non-hydrogen) atoms. The molecule has 28 nitrogen and oxygen atoms in total. The molecule has 0 aliphatic heterocycles. The lowest BCUT2D eigenvalue weighted by Crippen LogP contribution is -2.33. The molecule has 7 aromatic rings. The van der Waals surface area contributed by atoms with E-state index in [2.05, 4.69) is 49.1 Å². The number of amides is 7. The Morgan fingerprint density at radius 3 is 0.669 bits per heavy atom. The molecule has 0 saturated heterocycles. The van der Waals surface area contributed by atoms with E-state index in [0.29, 0.717) is 6.54 Å². The van der Waals surface area contributed by atoms with E-state index < -0.39 is 343 Å². The van der Waals surface area contributed by atoms with Gasteiger partial charge in [-0.1, -0.05) is 216 Å². The first-order valence-electron chi connectivity index (χ1n) is 64.4. The zero-order valence-electron chi connectivity index (χ0n) is 124. The van der Waals surface area contributed by atoms with Crippen LogP contribution in [0.3, 0.4) is 0 Å². The Morgan fingerprint density at radius 2 is 0.444 bits per heavy atom. The van der Waals surface area contributed by atoms with Crippen LogP contribution in [0, 0.1) is 83.0 Å². The number of aryl methyl sites for hydroxylation is 3. The average molecular weight is 1890 g/mol. The van der Waals surface area contributed by atoms with Gasteiger partial charge in [0.2, 0.25) is 41.4 Å². The van der Waals surface area contributed by atoms with Crippen molar-refractivity contribution in [2.24, 2.45) is 41.4 Å². The van der Waals surface area contributed by atoms with Gasteiger partial charge < -0.3 is 104 Å². The number of hydrogen-bond acceptors (Lipinski definition) is 21. The number of nitrogens with one attached hydrogen (secondary N) is 7. The van der Waals surface area contributed by atoms with E-state index in [9.17, 15) is 67.1 Å². The molecule has 7 atom stereocenters. The minimum atomic E-state index is -3.25. The Morgan fingerprint density at radius 1 is 0.248 bits per heavy atom. The SMILES string of the molecule is C.[2H]C([2H])([2H])OC([2H])([2H])C(CC(C)=O)C(=O)NC([2H])([2H])c1ccc(C)cc1.[2H]C([2H])([2H])OCC(CC(C)=O)C(=O)NC([2H])([2H])c1ccc(C)cc1.[2H]C([2H])([2H])OCC(CC(C)=O)C(=O)NC([2H])([2H])c1ccccc1.[2H]C([2H])([2H])OCC(CC(C)=O)C(=O)NCc1ccc(C)cc1.[2H]c1c([2H])c(C([2H])([2H])NC(=O)C(CC(C)=O)C([2H])([2H])OC([2H])([2H])[2H])c([2H])c([2H])c1C.[2H]c1c([2H])c(C([2H])([2H])NC(=O)C(COC([2H])([2H])[2H])CC(C)=O)c([2H])c([2H])c1C.[2H]c1c([2H])c(C([2H])([2H])NC(=O)C(COC([2H])([2H])[2H])CC(C)=O)c([2H])c([2H])c1C. The molecule has 0 fully saturated rings. The minimum Gasteiger partial charge on any atom is -0.384 e. The summed E-state index contributed by atoms with van der Waals surface area (Å²) in [7, 11) is -20.0. The molecule has 7 N–H and O–H groups in total. The summed E-state index contributed by atoms with van der Waals surface area (Å²) in [6.07, 6.45) is -2.76. The topological polar surface area (TPSA) is 388 Å². The zero-order chi connectivity index (χ0) is 141. The fourth-order valence-electron chi connectivity index (χ4n) is 9.97. The lowest BCUT2D eigenvalue weighted by molar-refractivity contribution is -0.130. The smallest absolute Gasteiger partial charge is 0.226 e. The van der Waals surface area contributed by atoms with Crippen LogP contribution in [0.5, 0.6) is 0 Å². The van der Waals surface area contributed by atoms with Crippen molar-refractivity contribution in [1.29, 1.82) is 0 Å². The van der Waals surface area contributed by atoms with Crippen LogP contribution < -0.4 is 37.2 Å². The van der Waals surface area contributed by atoms with Gasteiger partial charge in [-0.05, 0) is 129 Å². The molecular formula is C105H149N7O21. The van der Waals surface area contributed by atoms with E-state index in [1.165, 1.54) is 79.7 Å². The zero-order valence-corrected chi connectivity index (χ0v) is 75.1. The second-order valence-corrected chi connectivity index (χ2v) is 28.9. The van der Waals surface area contributed by atoms with Gasteiger partial charge in [-0.2, -0.15) is 0 Å². The summed E-state index contributed by atoms with van der Waals surface area (Å²) in [5.74, 6) is -19.1. The van der Waals surface area contributed by atoms with Gasteiger partial charge in [0.15, 0.2) is 0 Å². The number of carbonyl (C=O) groups excluding carboxylic acids is 14. The second kappa shape index (κ2) is 71.9. The van der Waals surface area contributed by atoms with Crippen LogP contribution in [0.2, 0.25) is 0 Å². The molecule has 0 spiro atoms. The molecule has 7 aromatic carbocycles. The lowest BCUT2D eigenvalue weighted by atomic mass is 10.0. The maximum Gasteiger partial charge on any atom is 0.226 e. The summed E-state index contributed by atoms with van der Waals surface area (Å²) < 4.78 is 400. The molecule has 7 amide bonds. The van der Waals surface area contributed by atoms with Gasteiger partial charge in [0.1, 0.15) is 40.5 Å². The van der Waals surface area contributed by atoms with Gasteiger partial charge in [-0.25, -0.2) is 0 Å². The minimum absolute atomic E-state index is 0. The van der Waals surface area contributed by atoms with Crippen molar-refractivity contribution >= 4 is 81.8 Å². The number of carbonyl (C=O) groups is 14. The lowest BCUT2D eigenvalue weighted by Gasteiger charge is -2.14. The third-order valence-electron chi connectivity index (χ3n) is 16.6. The number of hydrogen-bond donors (Lipinski definition) is 7. The van der Waals surface area contributed by atoms with Crippen molar-refractivity contribution in [3.63, 3.8) is 0 Å². The third-order valence-corrected chi connectivity index (χ3v) is 16.6. The molecule has 0 saturated carbocycles. The van der Waals surface area contributed by atoms with Crippen LogP contribution in [0.4, 0.5) is 0 Å². The van der Waals surface area contributed by atoms with E-state index in [1.54, 1.807) is 59.9 Å². The second-order valence-electron chi connectivity index (χ2n) is 28.9. The Kier molecular flexibility index (Phi) is 33.1. The van der Waals surface area contributed by atoms with E-state index in [0.717, 1.165) is 36.1 Å². The molecule has 0 heterocycles. The molecule has 0 aliphatic rings. The first-order valence-corrected chi connectivity index (χ1v) is 39.9. The number of ether oxygens (including phenoxy) is 7. The number of benzene rings is 7. The van der Waals surface area contributed by atoms with Crippen molar-refractivity contribution in [3.8, 4) is 0 Å². The van der Waals surface area contributed by atoms with Gasteiger partial charge in [0, 0.05) is 140 Å². The summed E-state index contributed by atoms with van der Waals surface area (Å²) in [6.45, 7) is -5.74. The Hall–Kier alpha value is -11.8. The van der Waals surface area contributed by atoms with Crippen LogP contribution >= 0.6 is 0 Å².